The summed E-state index contributed by atoms with van der Waals surface area (Å²) < 4.78 is 6.26. The molecule has 1 aromatic heterocycles. The van der Waals surface area contributed by atoms with Gasteiger partial charge in [0.25, 0.3) is 0 Å². The number of rotatable bonds is 5. The number of nitrogens with one attached hydrogen (secondary N) is 1. The van der Waals surface area contributed by atoms with Crippen LogP contribution in [-0.2, 0) is 6.54 Å². The molecule has 1 N–H and O–H groups in total. The minimum Gasteiger partial charge on any atom is -0.496 e. The second-order valence-corrected chi connectivity index (χ2v) is 6.57. The first-order valence-electron chi connectivity index (χ1n) is 7.84. The van der Waals surface area contributed by atoms with E-state index in [9.17, 15) is 0 Å². The molecule has 3 rings (SSSR count). The SMILES string of the molecule is COc1ccc(CN[C@@H]2CCCN(c3cccnn3)C2)cc1Br. The van der Waals surface area contributed by atoms with Gasteiger partial charge >= 0.3 is 0 Å². The summed E-state index contributed by atoms with van der Waals surface area (Å²) in [5, 5.41) is 11.8. The molecule has 1 aliphatic rings. The Morgan fingerprint density at radius 1 is 1.39 bits per heavy atom. The van der Waals surface area contributed by atoms with Gasteiger partial charge in [-0.2, -0.15) is 5.10 Å². The van der Waals surface area contributed by atoms with Crippen molar-refractivity contribution in [1.29, 1.82) is 0 Å². The molecule has 1 atom stereocenters. The molecule has 0 amide bonds. The number of nitrogens with zero attached hydrogens (tertiary/aromatic N) is 3. The number of aromatic nitrogens is 2. The molecule has 1 fully saturated rings. The number of methoxy groups -OCH3 is 1. The Bertz CT molecular complexity index is 638. The van der Waals surface area contributed by atoms with E-state index in [1.165, 1.54) is 18.4 Å². The van der Waals surface area contributed by atoms with E-state index in [1.807, 2.05) is 18.2 Å². The lowest BCUT2D eigenvalue weighted by Crippen LogP contribution is -2.45. The van der Waals surface area contributed by atoms with Gasteiger partial charge in [0.15, 0.2) is 5.82 Å². The lowest BCUT2D eigenvalue weighted by molar-refractivity contribution is 0.410. The average Bonchev–Trinajstić information content (AvgIpc) is 2.61. The maximum absolute atomic E-state index is 5.27. The highest BCUT2D eigenvalue weighted by atomic mass is 79.9. The monoisotopic (exact) mass is 376 g/mol. The Morgan fingerprint density at radius 2 is 2.30 bits per heavy atom. The number of piperidine rings is 1. The summed E-state index contributed by atoms with van der Waals surface area (Å²) in [6, 6.07) is 10.6. The molecule has 122 valence electrons. The summed E-state index contributed by atoms with van der Waals surface area (Å²) in [5.41, 5.74) is 1.24. The first-order chi connectivity index (χ1) is 11.3. The molecule has 1 saturated heterocycles. The van der Waals surface area contributed by atoms with Crippen molar-refractivity contribution in [3.63, 3.8) is 0 Å². The van der Waals surface area contributed by atoms with Gasteiger partial charge in [-0.1, -0.05) is 6.07 Å². The Kier molecular flexibility index (Phi) is 5.46. The zero-order valence-corrected chi connectivity index (χ0v) is 14.8. The van der Waals surface area contributed by atoms with Crippen LogP contribution < -0.4 is 15.0 Å². The Morgan fingerprint density at radius 3 is 3.04 bits per heavy atom. The molecule has 0 radical (unpaired) electrons. The maximum atomic E-state index is 5.27. The fraction of sp³-hybridized carbons (Fsp3) is 0.412. The van der Waals surface area contributed by atoms with Crippen LogP contribution in [0.15, 0.2) is 41.0 Å². The number of hydrogen-bond donors (Lipinski definition) is 1. The van der Waals surface area contributed by atoms with Gasteiger partial charge in [0, 0.05) is 31.9 Å². The molecule has 0 unspecified atom stereocenters. The molecule has 5 nitrogen and oxygen atoms in total. The highest BCUT2D eigenvalue weighted by molar-refractivity contribution is 9.10. The van der Waals surface area contributed by atoms with Crippen LogP contribution in [0.5, 0.6) is 5.75 Å². The summed E-state index contributed by atoms with van der Waals surface area (Å²) in [7, 11) is 1.68. The molecular formula is C17H21BrN4O. The van der Waals surface area contributed by atoms with Crippen molar-refractivity contribution in [2.45, 2.75) is 25.4 Å². The Labute approximate surface area is 145 Å². The zero-order valence-electron chi connectivity index (χ0n) is 13.2. The molecule has 23 heavy (non-hydrogen) atoms. The first-order valence-corrected chi connectivity index (χ1v) is 8.64. The van der Waals surface area contributed by atoms with Gasteiger partial charge in [-0.05, 0) is 58.6 Å². The van der Waals surface area contributed by atoms with Crippen LogP contribution in [0.3, 0.4) is 0 Å². The van der Waals surface area contributed by atoms with Crippen molar-refractivity contribution in [1.82, 2.24) is 15.5 Å². The summed E-state index contributed by atoms with van der Waals surface area (Å²) in [6.45, 7) is 2.86. The summed E-state index contributed by atoms with van der Waals surface area (Å²) in [5.74, 6) is 1.83. The molecular weight excluding hydrogens is 356 g/mol. The standard InChI is InChI=1S/C17H21BrN4O/c1-23-16-7-6-13(10-15(16)18)11-19-14-4-3-9-22(12-14)17-5-2-8-20-21-17/h2,5-8,10,14,19H,3-4,9,11-12H2,1H3/t14-/m1/s1. The van der Waals surface area contributed by atoms with Crippen LogP contribution in [0.4, 0.5) is 5.82 Å². The first kappa shape index (κ1) is 16.2. The van der Waals surface area contributed by atoms with Gasteiger partial charge in [-0.25, -0.2) is 0 Å². The van der Waals surface area contributed by atoms with Crippen LogP contribution in [0.2, 0.25) is 0 Å². The lowest BCUT2D eigenvalue weighted by atomic mass is 10.1. The molecule has 0 saturated carbocycles. The summed E-state index contributed by atoms with van der Waals surface area (Å²) in [4.78, 5) is 2.30. The Hall–Kier alpha value is -1.66. The highest BCUT2D eigenvalue weighted by Gasteiger charge is 2.20. The third-order valence-electron chi connectivity index (χ3n) is 4.11. The van der Waals surface area contributed by atoms with E-state index in [-0.39, 0.29) is 0 Å². The van der Waals surface area contributed by atoms with Gasteiger partial charge < -0.3 is 15.0 Å². The highest BCUT2D eigenvalue weighted by Crippen LogP contribution is 2.25. The van der Waals surface area contributed by atoms with Gasteiger partial charge in [0.1, 0.15) is 5.75 Å². The summed E-state index contributed by atoms with van der Waals surface area (Å²) in [6.07, 6.45) is 4.07. The Balaban J connectivity index is 1.57. The van der Waals surface area contributed by atoms with Gasteiger partial charge in [-0.3, -0.25) is 0 Å². The van der Waals surface area contributed by atoms with Gasteiger partial charge in [0.2, 0.25) is 0 Å². The quantitative estimate of drug-likeness (QED) is 0.868. The van der Waals surface area contributed by atoms with E-state index >= 15 is 0 Å². The lowest BCUT2D eigenvalue weighted by Gasteiger charge is -2.33. The molecule has 6 heteroatoms. The third-order valence-corrected chi connectivity index (χ3v) is 4.73. The molecule has 2 aromatic rings. The van der Waals surface area contributed by atoms with Crippen LogP contribution in [0.25, 0.3) is 0 Å². The van der Waals surface area contributed by atoms with E-state index in [0.717, 1.165) is 35.7 Å². The molecule has 0 aliphatic carbocycles. The number of anilines is 1. The second kappa shape index (κ2) is 7.75. The van der Waals surface area contributed by atoms with Crippen LogP contribution >= 0.6 is 15.9 Å². The normalized spacial score (nSPS) is 18.0. The second-order valence-electron chi connectivity index (χ2n) is 5.72. The number of halogens is 1. The molecule has 0 bridgehead atoms. The van der Waals surface area contributed by atoms with Crippen LogP contribution in [0, 0.1) is 0 Å². The minimum absolute atomic E-state index is 0.464. The minimum atomic E-state index is 0.464. The van der Waals surface area contributed by atoms with E-state index in [0.29, 0.717) is 6.04 Å². The van der Waals surface area contributed by atoms with Crippen LogP contribution in [0.1, 0.15) is 18.4 Å². The van der Waals surface area contributed by atoms with E-state index in [4.69, 9.17) is 4.74 Å². The van der Waals surface area contributed by atoms with Crippen molar-refractivity contribution in [3.05, 3.63) is 46.6 Å². The smallest absolute Gasteiger partial charge is 0.151 e. The van der Waals surface area contributed by atoms with E-state index in [1.54, 1.807) is 13.3 Å². The largest absolute Gasteiger partial charge is 0.496 e. The predicted octanol–water partition coefficient (Wildman–Crippen LogP) is 3.01. The van der Waals surface area contributed by atoms with Crippen molar-refractivity contribution in [3.8, 4) is 5.75 Å². The fourth-order valence-electron chi connectivity index (χ4n) is 2.90. The zero-order chi connectivity index (χ0) is 16.1. The molecule has 0 spiro atoms. The molecule has 1 aromatic carbocycles. The van der Waals surface area contributed by atoms with Crippen molar-refractivity contribution in [2.75, 3.05) is 25.1 Å². The van der Waals surface area contributed by atoms with Crippen molar-refractivity contribution < 1.29 is 4.74 Å². The van der Waals surface area contributed by atoms with E-state index < -0.39 is 0 Å². The van der Waals surface area contributed by atoms with Gasteiger partial charge in [0.05, 0.1) is 11.6 Å². The molecule has 1 aliphatic heterocycles. The molecule has 2 heterocycles. The van der Waals surface area contributed by atoms with Crippen molar-refractivity contribution in [2.24, 2.45) is 0 Å². The number of ether oxygens (including phenoxy) is 1. The topological polar surface area (TPSA) is 50.3 Å². The predicted molar refractivity (Wildman–Crippen MR) is 94.8 cm³/mol. The fourth-order valence-corrected chi connectivity index (χ4v) is 3.48. The van der Waals surface area contributed by atoms with E-state index in [2.05, 4.69) is 48.5 Å². The number of benzene rings is 1. The van der Waals surface area contributed by atoms with Gasteiger partial charge in [-0.15, -0.1) is 5.10 Å². The summed E-state index contributed by atoms with van der Waals surface area (Å²) >= 11 is 3.54. The number of hydrogen-bond acceptors (Lipinski definition) is 5. The third kappa shape index (κ3) is 4.20. The van der Waals surface area contributed by atoms with Crippen molar-refractivity contribution >= 4 is 21.7 Å². The van der Waals surface area contributed by atoms with Crippen LogP contribution in [-0.4, -0.2) is 36.4 Å². The average molecular weight is 377 g/mol. The maximum Gasteiger partial charge on any atom is 0.151 e.